The second kappa shape index (κ2) is 5.37. The molecule has 2 aromatic heterocycles. The number of aryl methyl sites for hydroxylation is 2. The molecule has 0 atom stereocenters. The third-order valence-corrected chi connectivity index (χ3v) is 3.91. The quantitative estimate of drug-likeness (QED) is 0.908. The second-order valence-corrected chi connectivity index (χ2v) is 5.46. The number of nitrogens with one attached hydrogen (secondary N) is 1. The first-order valence-electron chi connectivity index (χ1n) is 7.20. The van der Waals surface area contributed by atoms with Crippen LogP contribution in [0.15, 0.2) is 16.7 Å². The van der Waals surface area contributed by atoms with Gasteiger partial charge in [-0.05, 0) is 26.8 Å². The maximum Gasteiger partial charge on any atom is 0.255 e. The standard InChI is InChI=1S/C15H20N4O2/c1-10-8-13(15(20)18-6-4-16-5-7-18)12(3)19(10)14-9-11(2)21-17-14/h8-9,16H,4-7H2,1-3H3. The summed E-state index contributed by atoms with van der Waals surface area (Å²) in [7, 11) is 0. The summed E-state index contributed by atoms with van der Waals surface area (Å²) in [5.41, 5.74) is 2.64. The van der Waals surface area contributed by atoms with E-state index in [4.69, 9.17) is 4.52 Å². The van der Waals surface area contributed by atoms with Crippen molar-refractivity contribution < 1.29 is 9.32 Å². The summed E-state index contributed by atoms with van der Waals surface area (Å²) in [6, 6.07) is 3.81. The number of piperazine rings is 1. The zero-order valence-corrected chi connectivity index (χ0v) is 12.6. The maximum absolute atomic E-state index is 12.7. The summed E-state index contributed by atoms with van der Waals surface area (Å²) in [5, 5.41) is 7.31. The van der Waals surface area contributed by atoms with Gasteiger partial charge in [0, 0.05) is 43.6 Å². The third kappa shape index (κ3) is 2.47. The molecule has 1 fully saturated rings. The van der Waals surface area contributed by atoms with E-state index < -0.39 is 0 Å². The van der Waals surface area contributed by atoms with Crippen molar-refractivity contribution in [3.63, 3.8) is 0 Å². The molecular weight excluding hydrogens is 268 g/mol. The van der Waals surface area contributed by atoms with E-state index in [2.05, 4.69) is 10.5 Å². The fraction of sp³-hybridized carbons (Fsp3) is 0.467. The van der Waals surface area contributed by atoms with E-state index in [0.29, 0.717) is 0 Å². The Morgan fingerprint density at radius 1 is 1.24 bits per heavy atom. The molecule has 1 saturated heterocycles. The van der Waals surface area contributed by atoms with Crippen LogP contribution in [0.5, 0.6) is 0 Å². The van der Waals surface area contributed by atoms with Gasteiger partial charge in [0.15, 0.2) is 5.82 Å². The topological polar surface area (TPSA) is 63.3 Å². The molecular formula is C15H20N4O2. The van der Waals surface area contributed by atoms with Gasteiger partial charge in [0.05, 0.1) is 5.56 Å². The third-order valence-electron chi connectivity index (χ3n) is 3.91. The Kier molecular flexibility index (Phi) is 3.55. The number of carbonyl (C=O) groups is 1. The van der Waals surface area contributed by atoms with Gasteiger partial charge in [-0.2, -0.15) is 0 Å². The van der Waals surface area contributed by atoms with E-state index in [0.717, 1.165) is 54.7 Å². The van der Waals surface area contributed by atoms with Crippen molar-refractivity contribution in [3.8, 4) is 5.82 Å². The van der Waals surface area contributed by atoms with Crippen LogP contribution < -0.4 is 5.32 Å². The number of rotatable bonds is 2. The van der Waals surface area contributed by atoms with Crippen molar-refractivity contribution >= 4 is 5.91 Å². The average molecular weight is 288 g/mol. The summed E-state index contributed by atoms with van der Waals surface area (Å²) in [6.45, 7) is 9.01. The van der Waals surface area contributed by atoms with Crippen LogP contribution in [-0.2, 0) is 0 Å². The Morgan fingerprint density at radius 3 is 2.57 bits per heavy atom. The van der Waals surface area contributed by atoms with Crippen LogP contribution in [0.4, 0.5) is 0 Å². The molecule has 6 heteroatoms. The molecule has 0 unspecified atom stereocenters. The summed E-state index contributed by atoms with van der Waals surface area (Å²) in [5.74, 6) is 1.57. The summed E-state index contributed by atoms with van der Waals surface area (Å²) in [4.78, 5) is 14.6. The minimum Gasteiger partial charge on any atom is -0.360 e. The molecule has 6 nitrogen and oxygen atoms in total. The van der Waals surface area contributed by atoms with Crippen LogP contribution in [0.3, 0.4) is 0 Å². The fourth-order valence-electron chi connectivity index (χ4n) is 2.83. The smallest absolute Gasteiger partial charge is 0.255 e. The highest BCUT2D eigenvalue weighted by molar-refractivity contribution is 5.96. The van der Waals surface area contributed by atoms with Crippen LogP contribution >= 0.6 is 0 Å². The van der Waals surface area contributed by atoms with Crippen molar-refractivity contribution in [2.45, 2.75) is 20.8 Å². The minimum absolute atomic E-state index is 0.0936. The lowest BCUT2D eigenvalue weighted by Gasteiger charge is -2.27. The predicted molar refractivity (Wildman–Crippen MR) is 78.8 cm³/mol. The van der Waals surface area contributed by atoms with Crippen LogP contribution in [-0.4, -0.2) is 46.7 Å². The van der Waals surface area contributed by atoms with E-state index in [-0.39, 0.29) is 5.91 Å². The first kappa shape index (κ1) is 13.9. The van der Waals surface area contributed by atoms with E-state index in [1.807, 2.05) is 42.4 Å². The number of amides is 1. The van der Waals surface area contributed by atoms with Crippen molar-refractivity contribution in [2.75, 3.05) is 26.2 Å². The molecule has 0 saturated carbocycles. The zero-order chi connectivity index (χ0) is 15.0. The maximum atomic E-state index is 12.7. The predicted octanol–water partition coefficient (Wildman–Crippen LogP) is 1.44. The molecule has 1 N–H and O–H groups in total. The summed E-state index contributed by atoms with van der Waals surface area (Å²) < 4.78 is 7.10. The number of nitrogens with zero attached hydrogens (tertiary/aromatic N) is 3. The highest BCUT2D eigenvalue weighted by Gasteiger charge is 2.23. The van der Waals surface area contributed by atoms with Gasteiger partial charge in [0.25, 0.3) is 5.91 Å². The lowest BCUT2D eigenvalue weighted by molar-refractivity contribution is 0.0735. The van der Waals surface area contributed by atoms with Crippen LogP contribution in [0.25, 0.3) is 5.82 Å². The van der Waals surface area contributed by atoms with Gasteiger partial charge in [0.2, 0.25) is 0 Å². The normalized spacial score (nSPS) is 15.5. The molecule has 0 spiro atoms. The highest BCUT2D eigenvalue weighted by Crippen LogP contribution is 2.22. The number of aromatic nitrogens is 2. The van der Waals surface area contributed by atoms with Crippen LogP contribution in [0.2, 0.25) is 0 Å². The second-order valence-electron chi connectivity index (χ2n) is 5.46. The molecule has 3 heterocycles. The SMILES string of the molecule is Cc1cc(-n2c(C)cc(C(=O)N3CCNCC3)c2C)no1. The Bertz CT molecular complexity index is 665. The molecule has 0 radical (unpaired) electrons. The average Bonchev–Trinajstić information content (AvgIpc) is 3.02. The zero-order valence-electron chi connectivity index (χ0n) is 12.6. The van der Waals surface area contributed by atoms with Gasteiger partial charge in [-0.25, -0.2) is 0 Å². The fourth-order valence-corrected chi connectivity index (χ4v) is 2.83. The van der Waals surface area contributed by atoms with Gasteiger partial charge in [-0.1, -0.05) is 5.16 Å². The monoisotopic (exact) mass is 288 g/mol. The molecule has 0 bridgehead atoms. The van der Waals surface area contributed by atoms with Gasteiger partial charge in [0.1, 0.15) is 5.76 Å². The molecule has 1 aliphatic heterocycles. The lowest BCUT2D eigenvalue weighted by Crippen LogP contribution is -2.46. The van der Waals surface area contributed by atoms with Gasteiger partial charge >= 0.3 is 0 Å². The molecule has 0 aromatic carbocycles. The van der Waals surface area contributed by atoms with Crippen molar-refractivity contribution in [1.82, 2.24) is 19.9 Å². The van der Waals surface area contributed by atoms with E-state index in [1.165, 1.54) is 0 Å². The molecule has 21 heavy (non-hydrogen) atoms. The van der Waals surface area contributed by atoms with Crippen molar-refractivity contribution in [1.29, 1.82) is 0 Å². The Labute approximate surface area is 123 Å². The van der Waals surface area contributed by atoms with E-state index in [9.17, 15) is 4.79 Å². The number of hydrogen-bond acceptors (Lipinski definition) is 4. The van der Waals surface area contributed by atoms with Crippen LogP contribution in [0.1, 0.15) is 27.5 Å². The van der Waals surface area contributed by atoms with E-state index in [1.54, 1.807) is 0 Å². The number of hydrogen-bond donors (Lipinski definition) is 1. The first-order chi connectivity index (χ1) is 10.1. The lowest BCUT2D eigenvalue weighted by atomic mass is 10.2. The molecule has 1 aliphatic rings. The number of carbonyl (C=O) groups excluding carboxylic acids is 1. The van der Waals surface area contributed by atoms with Gasteiger partial charge in [-0.15, -0.1) is 0 Å². The minimum atomic E-state index is 0.0936. The first-order valence-corrected chi connectivity index (χ1v) is 7.20. The Balaban J connectivity index is 1.95. The molecule has 3 rings (SSSR count). The molecule has 0 aliphatic carbocycles. The molecule has 2 aromatic rings. The molecule has 1 amide bonds. The van der Waals surface area contributed by atoms with E-state index >= 15 is 0 Å². The van der Waals surface area contributed by atoms with Gasteiger partial charge in [-0.3, -0.25) is 9.36 Å². The molecule has 112 valence electrons. The van der Waals surface area contributed by atoms with Crippen LogP contribution in [0, 0.1) is 20.8 Å². The summed E-state index contributed by atoms with van der Waals surface area (Å²) in [6.07, 6.45) is 0. The largest absolute Gasteiger partial charge is 0.360 e. The Hall–Kier alpha value is -2.08. The van der Waals surface area contributed by atoms with Crippen molar-refractivity contribution in [2.24, 2.45) is 0 Å². The summed E-state index contributed by atoms with van der Waals surface area (Å²) >= 11 is 0. The van der Waals surface area contributed by atoms with Gasteiger partial charge < -0.3 is 14.7 Å². The highest BCUT2D eigenvalue weighted by atomic mass is 16.5. The Morgan fingerprint density at radius 2 is 1.95 bits per heavy atom. The van der Waals surface area contributed by atoms with Crippen molar-refractivity contribution in [3.05, 3.63) is 34.8 Å².